The summed E-state index contributed by atoms with van der Waals surface area (Å²) in [6.45, 7) is 7.71. The molecule has 0 aliphatic carbocycles. The predicted octanol–water partition coefficient (Wildman–Crippen LogP) is 3.18. The minimum absolute atomic E-state index is 0.0662. The number of benzene rings is 1. The van der Waals surface area contributed by atoms with Crippen LogP contribution in [-0.2, 0) is 14.8 Å². The van der Waals surface area contributed by atoms with Gasteiger partial charge in [0.25, 0.3) is 10.0 Å². The minimum Gasteiger partial charge on any atom is -0.355 e. The lowest BCUT2D eigenvalue weighted by Crippen LogP contribution is -2.47. The molecule has 0 radical (unpaired) electrons. The maximum atomic E-state index is 12.7. The molecule has 2 heterocycles. The molecule has 2 atom stereocenters. The summed E-state index contributed by atoms with van der Waals surface area (Å²) in [5.41, 5.74) is 0.644. The van der Waals surface area contributed by atoms with Crippen LogP contribution >= 0.6 is 0 Å². The molecule has 7 heteroatoms. The van der Waals surface area contributed by atoms with Crippen molar-refractivity contribution in [3.63, 3.8) is 0 Å². The van der Waals surface area contributed by atoms with E-state index in [0.717, 1.165) is 32.2 Å². The van der Waals surface area contributed by atoms with Crippen LogP contribution in [0.2, 0.25) is 0 Å². The van der Waals surface area contributed by atoms with E-state index in [1.165, 1.54) is 6.42 Å². The van der Waals surface area contributed by atoms with Crippen molar-refractivity contribution in [2.75, 3.05) is 13.1 Å². The van der Waals surface area contributed by atoms with E-state index >= 15 is 0 Å². The van der Waals surface area contributed by atoms with E-state index in [1.54, 1.807) is 18.2 Å². The number of nitrogens with zero attached hydrogens (tertiary/aromatic N) is 2. The lowest BCUT2D eigenvalue weighted by atomic mass is 9.95. The molecule has 2 aliphatic rings. The maximum absolute atomic E-state index is 12.7. The Morgan fingerprint density at radius 3 is 2.75 bits per heavy atom. The molecule has 1 amide bonds. The van der Waals surface area contributed by atoms with E-state index in [1.807, 2.05) is 11.0 Å². The van der Waals surface area contributed by atoms with Crippen LogP contribution < -0.4 is 5.32 Å². The van der Waals surface area contributed by atoms with Gasteiger partial charge in [-0.3, -0.25) is 4.79 Å². The number of rotatable bonds is 6. The number of amides is 1. The molecule has 1 saturated heterocycles. The van der Waals surface area contributed by atoms with Gasteiger partial charge in [0.2, 0.25) is 5.91 Å². The van der Waals surface area contributed by atoms with E-state index < -0.39 is 10.0 Å². The molecule has 1 aromatic rings. The predicted molar refractivity (Wildman–Crippen MR) is 111 cm³/mol. The van der Waals surface area contributed by atoms with E-state index in [2.05, 4.69) is 30.5 Å². The number of piperidine rings is 1. The molecule has 2 aliphatic heterocycles. The van der Waals surface area contributed by atoms with Gasteiger partial charge in [-0.05, 0) is 44.2 Å². The Morgan fingerprint density at radius 2 is 2.00 bits per heavy atom. The summed E-state index contributed by atoms with van der Waals surface area (Å²) >= 11 is 0. The van der Waals surface area contributed by atoms with Gasteiger partial charge in [-0.1, -0.05) is 38.8 Å². The zero-order chi connectivity index (χ0) is 20.3. The van der Waals surface area contributed by atoms with Crippen LogP contribution in [0.3, 0.4) is 0 Å². The second-order valence-electron chi connectivity index (χ2n) is 8.41. The average molecular weight is 406 g/mol. The first-order chi connectivity index (χ1) is 13.3. The highest BCUT2D eigenvalue weighted by Crippen LogP contribution is 2.29. The van der Waals surface area contributed by atoms with Gasteiger partial charge in [0.15, 0.2) is 5.84 Å². The van der Waals surface area contributed by atoms with Gasteiger partial charge in [-0.25, -0.2) is 0 Å². The topological polar surface area (TPSA) is 78.8 Å². The lowest BCUT2D eigenvalue weighted by molar-refractivity contribution is -0.126. The maximum Gasteiger partial charge on any atom is 0.285 e. The third-order valence-corrected chi connectivity index (χ3v) is 6.84. The third-order valence-electron chi connectivity index (χ3n) is 5.51. The Kier molecular flexibility index (Phi) is 6.43. The molecule has 1 N–H and O–H groups in total. The molecule has 1 aromatic carbocycles. The molecule has 0 spiro atoms. The number of hydrogen-bond donors (Lipinski definition) is 1. The number of amidine groups is 1. The second kappa shape index (κ2) is 8.64. The van der Waals surface area contributed by atoms with Gasteiger partial charge in [-0.2, -0.15) is 8.42 Å². The number of carbonyl (C=O) groups is 1. The van der Waals surface area contributed by atoms with Gasteiger partial charge in [0, 0.05) is 24.7 Å². The van der Waals surface area contributed by atoms with Crippen LogP contribution in [0, 0.1) is 11.8 Å². The fraction of sp³-hybridized carbons (Fsp3) is 0.619. The molecule has 0 saturated carbocycles. The summed E-state index contributed by atoms with van der Waals surface area (Å²) in [6.07, 6.45) is 4.94. The van der Waals surface area contributed by atoms with Crippen molar-refractivity contribution in [2.45, 2.75) is 63.8 Å². The fourth-order valence-corrected chi connectivity index (χ4v) is 5.19. The molecular formula is C21H31N3O3S. The summed E-state index contributed by atoms with van der Waals surface area (Å²) in [5, 5.41) is 3.15. The number of likely N-dealkylation sites (tertiary alicyclic amines) is 1. The number of sulfonamides is 1. The largest absolute Gasteiger partial charge is 0.355 e. The van der Waals surface area contributed by atoms with Gasteiger partial charge in [0.1, 0.15) is 4.90 Å². The lowest BCUT2D eigenvalue weighted by Gasteiger charge is -2.34. The Labute approximate surface area is 168 Å². The molecule has 28 heavy (non-hydrogen) atoms. The summed E-state index contributed by atoms with van der Waals surface area (Å²) in [5.74, 6) is 1.09. The zero-order valence-electron chi connectivity index (χ0n) is 17.0. The zero-order valence-corrected chi connectivity index (χ0v) is 17.8. The second-order valence-corrected chi connectivity index (χ2v) is 9.98. The number of carbonyl (C=O) groups excluding carboxylic acids is 1. The molecule has 0 unspecified atom stereocenters. The first-order valence-electron chi connectivity index (χ1n) is 10.3. The molecule has 0 bridgehead atoms. The van der Waals surface area contributed by atoms with Gasteiger partial charge >= 0.3 is 0 Å². The van der Waals surface area contributed by atoms with Crippen LogP contribution in [0.5, 0.6) is 0 Å². The molecule has 154 valence electrons. The molecule has 6 nitrogen and oxygen atoms in total. The van der Waals surface area contributed by atoms with Gasteiger partial charge < -0.3 is 10.2 Å². The van der Waals surface area contributed by atoms with E-state index in [9.17, 15) is 13.2 Å². The fourth-order valence-electron chi connectivity index (χ4n) is 3.97. The van der Waals surface area contributed by atoms with Crippen LogP contribution in [0.15, 0.2) is 33.6 Å². The Hall–Kier alpha value is -1.89. The highest BCUT2D eigenvalue weighted by Gasteiger charge is 2.35. The number of nitrogens with one attached hydrogen (secondary N) is 1. The third kappa shape index (κ3) is 4.74. The monoisotopic (exact) mass is 405 g/mol. The first kappa shape index (κ1) is 20.8. The van der Waals surface area contributed by atoms with Crippen LogP contribution in [0.4, 0.5) is 0 Å². The highest BCUT2D eigenvalue weighted by atomic mass is 32.2. The van der Waals surface area contributed by atoms with Crippen LogP contribution in [0.25, 0.3) is 0 Å². The van der Waals surface area contributed by atoms with Crippen molar-refractivity contribution in [2.24, 2.45) is 16.2 Å². The van der Waals surface area contributed by atoms with Crippen molar-refractivity contribution in [3.05, 3.63) is 29.8 Å². The Morgan fingerprint density at radius 1 is 1.25 bits per heavy atom. The van der Waals surface area contributed by atoms with Crippen LogP contribution in [0.1, 0.15) is 58.4 Å². The summed E-state index contributed by atoms with van der Waals surface area (Å²) < 4.78 is 28.7. The van der Waals surface area contributed by atoms with Gasteiger partial charge in [-0.15, -0.1) is 4.40 Å². The van der Waals surface area contributed by atoms with E-state index in [4.69, 9.17) is 0 Å². The van der Waals surface area contributed by atoms with E-state index in [0.29, 0.717) is 23.9 Å². The molecule has 0 aromatic heterocycles. The summed E-state index contributed by atoms with van der Waals surface area (Å²) in [6, 6.07) is 7.07. The smallest absolute Gasteiger partial charge is 0.285 e. The van der Waals surface area contributed by atoms with Gasteiger partial charge in [0.05, 0.1) is 5.92 Å². The quantitative estimate of drug-likeness (QED) is 0.788. The summed E-state index contributed by atoms with van der Waals surface area (Å²) in [7, 11) is -3.63. The van der Waals surface area contributed by atoms with Crippen molar-refractivity contribution < 1.29 is 13.2 Å². The molecular weight excluding hydrogens is 374 g/mol. The Balaban J connectivity index is 1.63. The van der Waals surface area contributed by atoms with Crippen molar-refractivity contribution in [3.8, 4) is 0 Å². The van der Waals surface area contributed by atoms with Crippen LogP contribution in [-0.4, -0.2) is 44.2 Å². The summed E-state index contributed by atoms with van der Waals surface area (Å²) in [4.78, 5) is 15.0. The minimum atomic E-state index is -3.63. The van der Waals surface area contributed by atoms with E-state index in [-0.39, 0.29) is 22.8 Å². The SMILES string of the molecule is CC(C)CCC[C@@H](C)NC(=O)[C@@H]1CCCN(C2=NS(=O)(=O)c3ccccc32)C1. The van der Waals surface area contributed by atoms with Crippen molar-refractivity contribution in [1.82, 2.24) is 10.2 Å². The van der Waals surface area contributed by atoms with Crippen molar-refractivity contribution in [1.29, 1.82) is 0 Å². The Bertz CT molecular complexity index is 848. The number of hydrogen-bond acceptors (Lipinski definition) is 4. The number of fused-ring (bicyclic) bond motifs is 1. The first-order valence-corrected chi connectivity index (χ1v) is 11.7. The standard InChI is InChI=1S/C21H31N3O3S/c1-15(2)8-6-9-16(3)22-21(25)17-10-7-13-24(14-17)20-18-11-4-5-12-19(18)28(26,27)23-20/h4-5,11-12,15-17H,6-10,13-14H2,1-3H3,(H,22,25)/t16-,17-/m1/s1. The highest BCUT2D eigenvalue weighted by molar-refractivity contribution is 7.90. The molecule has 3 rings (SSSR count). The average Bonchev–Trinajstić information content (AvgIpc) is 2.93. The van der Waals surface area contributed by atoms with Crippen molar-refractivity contribution >= 4 is 21.8 Å². The normalized spacial score (nSPS) is 21.9. The molecule has 1 fully saturated rings.